The first-order valence-electron chi connectivity index (χ1n) is 30.8. The minimum atomic E-state index is -0.169. The number of carbonyl (C=O) groups excluding carboxylic acids is 4. The van der Waals surface area contributed by atoms with E-state index in [-0.39, 0.29) is 100 Å². The summed E-state index contributed by atoms with van der Waals surface area (Å²) in [6.45, 7) is 10.4. The summed E-state index contributed by atoms with van der Waals surface area (Å²) in [4.78, 5) is 44.6. The number of unbranched alkanes of at least 4 members (excludes halogenated alkanes) is 32. The van der Waals surface area contributed by atoms with Gasteiger partial charge in [-0.2, -0.15) is 13.5 Å². The second-order valence-electron chi connectivity index (χ2n) is 19.5. The minimum Gasteiger partial charge on any atom is -0.789 e. The van der Waals surface area contributed by atoms with Gasteiger partial charge >= 0.3 is 71.7 Å². The van der Waals surface area contributed by atoms with Crippen molar-refractivity contribution < 1.29 is 38.1 Å². The van der Waals surface area contributed by atoms with Gasteiger partial charge in [0.1, 0.15) is 0 Å². The molecule has 476 valence electrons. The Morgan fingerprint density at radius 2 is 0.420 bits per heavy atom. The molecule has 15 heteroatoms. The molecule has 0 saturated carbocycles. The van der Waals surface area contributed by atoms with E-state index in [4.69, 9.17) is 69.5 Å². The van der Waals surface area contributed by atoms with E-state index in [9.17, 15) is 19.2 Å². The third-order valence-corrected chi connectivity index (χ3v) is 12.8. The maximum Gasteiger partial charge on any atom is 2.00 e. The van der Waals surface area contributed by atoms with Gasteiger partial charge in [0.2, 0.25) is 0 Å². The summed E-state index contributed by atoms with van der Waals surface area (Å²) < 4.78 is 19.6. The van der Waals surface area contributed by atoms with E-state index in [0.29, 0.717) is 75.1 Å². The van der Waals surface area contributed by atoms with E-state index >= 15 is 0 Å². The largest absolute Gasteiger partial charge is 2.00 e. The van der Waals surface area contributed by atoms with Crippen LogP contribution in [-0.2, 0) is 88.6 Å². The van der Waals surface area contributed by atoms with Crippen LogP contribution < -0.4 is 0 Å². The van der Waals surface area contributed by atoms with Crippen LogP contribution in [0, 0.1) is 0 Å². The van der Waals surface area contributed by atoms with Crippen LogP contribution in [0.1, 0.15) is 299 Å². The quantitative estimate of drug-likeness (QED) is 0.0145. The van der Waals surface area contributed by atoms with Crippen molar-refractivity contribution in [1.29, 1.82) is 0 Å². The molecule has 0 rings (SSSR count). The monoisotopic (exact) mass is 1450 g/mol. The Balaban J connectivity index is -0.000000119. The molecule has 0 bridgehead atoms. The second kappa shape index (κ2) is 96.5. The van der Waals surface area contributed by atoms with Crippen LogP contribution in [0.15, 0.2) is 48.6 Å². The van der Waals surface area contributed by atoms with Crippen molar-refractivity contribution in [2.45, 2.75) is 299 Å². The number of allylic oxidation sites excluding steroid dienone is 4. The summed E-state index contributed by atoms with van der Waals surface area (Å²) in [6.07, 6.45) is 64.7. The van der Waals surface area contributed by atoms with E-state index in [1.54, 1.807) is 0 Å². The van der Waals surface area contributed by atoms with Gasteiger partial charge in [0, 0.05) is 0 Å². The fraction of sp³-hybridized carbons (Fsp3) is 0.818. The number of hydrogen-bond acceptors (Lipinski definition) is 12. The number of ether oxygens (including phenoxy) is 4. The molecule has 4 radical (unpaired) electrons. The van der Waals surface area contributed by atoms with E-state index in [2.05, 4.69) is 52.0 Å². The Bertz CT molecular complexity index is 1120. The second-order valence-corrected chi connectivity index (χ2v) is 21.1. The van der Waals surface area contributed by atoms with Crippen molar-refractivity contribution in [1.82, 2.24) is 0 Å². The molecule has 0 saturated heterocycles. The van der Waals surface area contributed by atoms with E-state index in [0.717, 1.165) is 25.7 Å². The van der Waals surface area contributed by atoms with Crippen LogP contribution in [-0.4, -0.2) is 121 Å². The zero-order chi connectivity index (χ0) is 56.7. The molecule has 0 N–H and O–H groups in total. The molecule has 0 aliphatic heterocycles. The smallest absolute Gasteiger partial charge is 0.789 e. The molecule has 0 aliphatic carbocycles. The van der Waals surface area contributed by atoms with Gasteiger partial charge < -0.3 is 69.5 Å². The number of carbonyl (C=O) groups is 4. The summed E-state index contributed by atoms with van der Waals surface area (Å²) in [6, 6.07) is 0. The van der Waals surface area contributed by atoms with Crippen molar-refractivity contribution in [3.05, 3.63) is 48.6 Å². The Hall–Kier alpha value is 0.187. The van der Waals surface area contributed by atoms with Crippen LogP contribution >= 0.6 is 13.5 Å². The topological polar surface area (TPSA) is 105 Å². The molecule has 0 amide bonds. The summed E-state index contributed by atoms with van der Waals surface area (Å²) in [7, 11) is 0. The Morgan fingerprint density at radius 1 is 0.272 bits per heavy atom. The molecular formula is C66H126O8S5Sn2. The first kappa shape index (κ1) is 100. The fourth-order valence-electron chi connectivity index (χ4n) is 7.63. The average Bonchev–Trinajstić information content (AvgIpc) is 3.42. The number of rotatable bonds is 52. The first-order valence-corrected chi connectivity index (χ1v) is 33.1. The molecule has 8 nitrogen and oxygen atoms in total. The molecule has 0 aliphatic rings. The van der Waals surface area contributed by atoms with Gasteiger partial charge in [-0.05, 0) is 51.4 Å². The molecule has 0 heterocycles. The minimum absolute atomic E-state index is 0. The zero-order valence-electron chi connectivity index (χ0n) is 51.0. The average molecular weight is 1450 g/mol. The van der Waals surface area contributed by atoms with Crippen LogP contribution in [0.25, 0.3) is 0 Å². The van der Waals surface area contributed by atoms with E-state index in [1.165, 1.54) is 205 Å². The number of esters is 4. The molecule has 81 heavy (non-hydrogen) atoms. The molecule has 0 atom stereocenters. The Labute approximate surface area is 566 Å². The maximum atomic E-state index is 11.1. The molecule has 0 fully saturated rings. The van der Waals surface area contributed by atoms with Crippen LogP contribution in [0.2, 0.25) is 0 Å². The molecule has 0 aromatic heterocycles. The SMILES string of the molecule is C.C.CCCCCCCCCC/C=C/CC(=O)OCC[S-].CCCCCCCCCC/C=C/CC(=O)OCC[S-].CCCCCCCCCC/C=C/CC(=O)OCC[S-].CCCCCCCCCC/C=C/CC(=O)OCC[S-].S.[Sn+2].[Sn+2]. The van der Waals surface area contributed by atoms with Gasteiger partial charge in [0.15, 0.2) is 0 Å². The van der Waals surface area contributed by atoms with Crippen molar-refractivity contribution in [3.63, 3.8) is 0 Å². The van der Waals surface area contributed by atoms with Gasteiger partial charge in [0.05, 0.1) is 52.1 Å². The molecule has 0 aromatic carbocycles. The molecule has 0 spiro atoms. The predicted molar refractivity (Wildman–Crippen MR) is 372 cm³/mol. The summed E-state index contributed by atoms with van der Waals surface area (Å²) in [5, 5.41) is 0. The molecular weight excluding hydrogens is 1320 g/mol. The van der Waals surface area contributed by atoms with Crippen LogP contribution in [0.3, 0.4) is 0 Å². The van der Waals surface area contributed by atoms with Gasteiger partial charge in [-0.25, -0.2) is 0 Å². The molecule has 0 unspecified atom stereocenters. The van der Waals surface area contributed by atoms with Gasteiger partial charge in [0.25, 0.3) is 0 Å². The van der Waals surface area contributed by atoms with Crippen molar-refractivity contribution >= 4 is 136 Å². The van der Waals surface area contributed by atoms with Crippen LogP contribution in [0.5, 0.6) is 0 Å². The summed E-state index contributed by atoms with van der Waals surface area (Å²) in [5.74, 6) is 1.24. The first-order chi connectivity index (χ1) is 37.2. The van der Waals surface area contributed by atoms with Crippen LogP contribution in [0.4, 0.5) is 0 Å². The standard InChI is InChI=1S/4C16H30O2S.2CH4.H2S.2Sn/c4*1-2-3-4-5-6-7-8-9-10-11-12-13-16(17)18-14-15-19;;;;;/h4*11-12,19H,2-10,13-15H2,1H3;2*1H4;1H2;;/q;;;;;;;2*+2/p-4/b4*12-11+;;;;;. The summed E-state index contributed by atoms with van der Waals surface area (Å²) in [5.41, 5.74) is 0. The van der Waals surface area contributed by atoms with Crippen molar-refractivity contribution in [3.8, 4) is 0 Å². The fourth-order valence-corrected chi connectivity index (χ4v) is 7.96. The normalized spacial score (nSPS) is 10.4. The third kappa shape index (κ3) is 105. The van der Waals surface area contributed by atoms with Gasteiger partial charge in [-0.1, -0.05) is 271 Å². The maximum absolute atomic E-state index is 11.1. The van der Waals surface area contributed by atoms with E-state index < -0.39 is 0 Å². The zero-order valence-corrected chi connectivity index (χ0v) is 60.9. The van der Waals surface area contributed by atoms with Gasteiger partial charge in [-0.3, -0.25) is 19.2 Å². The van der Waals surface area contributed by atoms with Crippen molar-refractivity contribution in [2.24, 2.45) is 0 Å². The third-order valence-electron chi connectivity index (χ3n) is 12.1. The Kier molecular flexibility index (Phi) is 119. The predicted octanol–water partition coefficient (Wildman–Crippen LogP) is 18.8. The molecule has 0 aromatic rings. The summed E-state index contributed by atoms with van der Waals surface area (Å²) >= 11 is 18.8. The van der Waals surface area contributed by atoms with Crippen molar-refractivity contribution in [2.75, 3.05) is 49.4 Å². The van der Waals surface area contributed by atoms with E-state index in [1.807, 2.05) is 24.3 Å². The Morgan fingerprint density at radius 3 is 0.568 bits per heavy atom. The van der Waals surface area contributed by atoms with Gasteiger partial charge in [-0.15, -0.1) is 23.0 Å². The number of hydrogen-bond donors (Lipinski definition) is 0.